The summed E-state index contributed by atoms with van der Waals surface area (Å²) in [5, 5.41) is 0. The van der Waals surface area contributed by atoms with Gasteiger partial charge in [-0.25, -0.2) is 0 Å². The van der Waals surface area contributed by atoms with Crippen molar-refractivity contribution in [1.29, 1.82) is 0 Å². The van der Waals surface area contributed by atoms with E-state index in [0.717, 1.165) is 23.7 Å². The summed E-state index contributed by atoms with van der Waals surface area (Å²) in [7, 11) is 0. The summed E-state index contributed by atoms with van der Waals surface area (Å²) in [6.45, 7) is 13.5. The minimum Gasteiger partial charge on any atom is -0.0998 e. The van der Waals surface area contributed by atoms with E-state index in [2.05, 4.69) is 34.3 Å². The highest BCUT2D eigenvalue weighted by Crippen LogP contribution is 2.41. The Labute approximate surface area is 77.1 Å². The van der Waals surface area contributed by atoms with E-state index in [1.807, 2.05) is 0 Å². The molecule has 0 saturated heterocycles. The van der Waals surface area contributed by atoms with E-state index >= 15 is 0 Å². The molecule has 70 valence electrons. The largest absolute Gasteiger partial charge is 0.0998 e. The fraction of sp³-hybridized carbons (Fsp3) is 0.833. The van der Waals surface area contributed by atoms with E-state index in [1.54, 1.807) is 0 Å². The van der Waals surface area contributed by atoms with Gasteiger partial charge in [0.1, 0.15) is 0 Å². The molecule has 0 aliphatic heterocycles. The van der Waals surface area contributed by atoms with E-state index in [4.69, 9.17) is 0 Å². The quantitative estimate of drug-likeness (QED) is 0.519. The van der Waals surface area contributed by atoms with Crippen LogP contribution in [0.5, 0.6) is 0 Å². The van der Waals surface area contributed by atoms with Gasteiger partial charge < -0.3 is 0 Å². The van der Waals surface area contributed by atoms with Crippen molar-refractivity contribution in [1.82, 2.24) is 0 Å². The smallest absolute Gasteiger partial charge is 0.0155 e. The topological polar surface area (TPSA) is 0 Å². The average molecular weight is 166 g/mol. The molecule has 1 rings (SSSR count). The lowest BCUT2D eigenvalue weighted by Crippen LogP contribution is -2.30. The molecule has 4 atom stereocenters. The number of hydrogen-bond acceptors (Lipinski definition) is 0. The highest BCUT2D eigenvalue weighted by Gasteiger charge is 2.32. The Kier molecular flexibility index (Phi) is 2.98. The summed E-state index contributed by atoms with van der Waals surface area (Å²) < 4.78 is 0. The molecule has 1 saturated carbocycles. The van der Waals surface area contributed by atoms with Crippen LogP contribution in [0.1, 0.15) is 40.5 Å². The lowest BCUT2D eigenvalue weighted by Gasteiger charge is -2.39. The van der Waals surface area contributed by atoms with Gasteiger partial charge in [0.15, 0.2) is 0 Å². The summed E-state index contributed by atoms with van der Waals surface area (Å²) in [4.78, 5) is 0. The Morgan fingerprint density at radius 1 is 1.08 bits per heavy atom. The monoisotopic (exact) mass is 166 g/mol. The third-order valence-electron chi connectivity index (χ3n) is 3.72. The predicted octanol–water partition coefficient (Wildman–Crippen LogP) is 3.88. The van der Waals surface area contributed by atoms with Crippen LogP contribution in [0, 0.1) is 23.7 Å². The van der Waals surface area contributed by atoms with Gasteiger partial charge in [-0.2, -0.15) is 0 Å². The molecule has 1 aliphatic carbocycles. The highest BCUT2D eigenvalue weighted by molar-refractivity contribution is 5.02. The molecule has 1 fully saturated rings. The van der Waals surface area contributed by atoms with Gasteiger partial charge in [-0.05, 0) is 37.0 Å². The second-order valence-electron chi connectivity index (χ2n) is 4.76. The fourth-order valence-corrected chi connectivity index (χ4v) is 2.77. The Balaban J connectivity index is 2.71. The lowest BCUT2D eigenvalue weighted by atomic mass is 9.66. The maximum atomic E-state index is 4.11. The Bertz CT molecular complexity index is 169. The first-order valence-electron chi connectivity index (χ1n) is 5.19. The van der Waals surface area contributed by atoms with Crippen LogP contribution >= 0.6 is 0 Å². The van der Waals surface area contributed by atoms with Crippen molar-refractivity contribution < 1.29 is 0 Å². The molecule has 0 aromatic carbocycles. The van der Waals surface area contributed by atoms with Gasteiger partial charge in [0.05, 0.1) is 0 Å². The lowest BCUT2D eigenvalue weighted by molar-refractivity contribution is 0.150. The summed E-state index contributed by atoms with van der Waals surface area (Å²) in [5.74, 6) is 3.36. The zero-order valence-electron chi connectivity index (χ0n) is 8.93. The molecule has 0 amide bonds. The minimum atomic E-state index is 0.772. The van der Waals surface area contributed by atoms with Crippen LogP contribution in [0.4, 0.5) is 0 Å². The first-order chi connectivity index (χ1) is 5.54. The summed E-state index contributed by atoms with van der Waals surface area (Å²) in [6, 6.07) is 0. The summed E-state index contributed by atoms with van der Waals surface area (Å²) in [5.41, 5.74) is 1.39. The molecule has 12 heavy (non-hydrogen) atoms. The molecule has 0 spiro atoms. The molecule has 0 N–H and O–H groups in total. The van der Waals surface area contributed by atoms with E-state index in [1.165, 1.54) is 18.4 Å². The van der Waals surface area contributed by atoms with Crippen molar-refractivity contribution in [2.24, 2.45) is 23.7 Å². The number of rotatable bonds is 1. The average Bonchev–Trinajstić information content (AvgIpc) is 1.97. The predicted molar refractivity (Wildman–Crippen MR) is 55.0 cm³/mol. The van der Waals surface area contributed by atoms with Gasteiger partial charge >= 0.3 is 0 Å². The number of hydrogen-bond donors (Lipinski definition) is 0. The second-order valence-corrected chi connectivity index (χ2v) is 4.76. The van der Waals surface area contributed by atoms with Crippen molar-refractivity contribution >= 4 is 0 Å². The molecule has 1 aliphatic rings. The molecule has 0 heterocycles. The van der Waals surface area contributed by atoms with E-state index in [0.29, 0.717) is 0 Å². The molecule has 0 nitrogen and oxygen atoms in total. The van der Waals surface area contributed by atoms with Crippen LogP contribution < -0.4 is 0 Å². The van der Waals surface area contributed by atoms with Gasteiger partial charge in [-0.3, -0.25) is 0 Å². The van der Waals surface area contributed by atoms with E-state index < -0.39 is 0 Å². The molecule has 0 radical (unpaired) electrons. The van der Waals surface area contributed by atoms with Crippen LogP contribution in [0.2, 0.25) is 0 Å². The molecule has 0 aromatic rings. The Hall–Kier alpha value is -0.260. The van der Waals surface area contributed by atoms with Gasteiger partial charge in [0, 0.05) is 0 Å². The molecule has 0 heteroatoms. The maximum Gasteiger partial charge on any atom is -0.0155 e. The summed E-state index contributed by atoms with van der Waals surface area (Å²) in [6.07, 6.45) is 2.80. The zero-order valence-corrected chi connectivity index (χ0v) is 8.93. The van der Waals surface area contributed by atoms with Crippen molar-refractivity contribution in [3.63, 3.8) is 0 Å². The standard InChI is InChI=1S/C12H22/c1-8(2)12-10(4)7-6-9(3)11(12)5/h9-12H,1,6-7H2,2-5H3. The van der Waals surface area contributed by atoms with Gasteiger partial charge in [0.25, 0.3) is 0 Å². The third-order valence-corrected chi connectivity index (χ3v) is 3.72. The third kappa shape index (κ3) is 1.73. The van der Waals surface area contributed by atoms with Crippen molar-refractivity contribution in [2.75, 3.05) is 0 Å². The van der Waals surface area contributed by atoms with Crippen molar-refractivity contribution in [3.8, 4) is 0 Å². The minimum absolute atomic E-state index is 0.772. The van der Waals surface area contributed by atoms with Crippen LogP contribution in [0.3, 0.4) is 0 Å². The van der Waals surface area contributed by atoms with Crippen LogP contribution in [-0.4, -0.2) is 0 Å². The first kappa shape index (κ1) is 9.83. The normalized spacial score (nSPS) is 42.7. The molecule has 0 bridgehead atoms. The summed E-state index contributed by atoms with van der Waals surface area (Å²) >= 11 is 0. The van der Waals surface area contributed by atoms with Crippen LogP contribution in [-0.2, 0) is 0 Å². The van der Waals surface area contributed by atoms with Gasteiger partial charge in [-0.15, -0.1) is 0 Å². The zero-order chi connectivity index (χ0) is 9.30. The van der Waals surface area contributed by atoms with Gasteiger partial charge in [-0.1, -0.05) is 39.3 Å². The Morgan fingerprint density at radius 3 is 2.00 bits per heavy atom. The number of allylic oxidation sites excluding steroid dienone is 1. The molecule has 4 unspecified atom stereocenters. The second kappa shape index (κ2) is 3.64. The highest BCUT2D eigenvalue weighted by atomic mass is 14.4. The fourth-order valence-electron chi connectivity index (χ4n) is 2.77. The first-order valence-corrected chi connectivity index (χ1v) is 5.19. The van der Waals surface area contributed by atoms with E-state index in [9.17, 15) is 0 Å². The van der Waals surface area contributed by atoms with Crippen molar-refractivity contribution in [3.05, 3.63) is 12.2 Å². The van der Waals surface area contributed by atoms with Crippen LogP contribution in [0.15, 0.2) is 12.2 Å². The van der Waals surface area contributed by atoms with Crippen LogP contribution in [0.25, 0.3) is 0 Å². The molecular weight excluding hydrogens is 144 g/mol. The van der Waals surface area contributed by atoms with E-state index in [-0.39, 0.29) is 0 Å². The Morgan fingerprint density at radius 2 is 1.58 bits per heavy atom. The molecular formula is C12H22. The van der Waals surface area contributed by atoms with Gasteiger partial charge in [0.2, 0.25) is 0 Å². The molecule has 0 aromatic heterocycles. The SMILES string of the molecule is C=C(C)C1C(C)CCC(C)C1C. The van der Waals surface area contributed by atoms with Crippen molar-refractivity contribution in [2.45, 2.75) is 40.5 Å². The maximum absolute atomic E-state index is 4.11.